The molecule has 4 nitrogen and oxygen atoms in total. The Hall–Kier alpha value is -2.10. The molecule has 1 aromatic carbocycles. The van der Waals surface area contributed by atoms with Crippen LogP contribution in [0.5, 0.6) is 0 Å². The zero-order valence-corrected chi connectivity index (χ0v) is 10.2. The average molecular weight is 229 g/mol. The lowest BCUT2D eigenvalue weighted by Gasteiger charge is -2.03. The third kappa shape index (κ3) is 2.53. The lowest BCUT2D eigenvalue weighted by Crippen LogP contribution is -2.11. The maximum Gasteiger partial charge on any atom is 0.255 e. The van der Waals surface area contributed by atoms with Crippen molar-refractivity contribution in [1.82, 2.24) is 9.78 Å². The molecule has 1 amide bonds. The molecule has 0 aliphatic rings. The lowest BCUT2D eigenvalue weighted by molar-refractivity contribution is 0.102. The zero-order valence-electron chi connectivity index (χ0n) is 10.2. The molecule has 1 aromatic heterocycles. The molecule has 0 fully saturated rings. The van der Waals surface area contributed by atoms with Gasteiger partial charge in [-0.05, 0) is 26.0 Å². The number of anilines is 1. The summed E-state index contributed by atoms with van der Waals surface area (Å²) in [4.78, 5) is 11.9. The van der Waals surface area contributed by atoms with Crippen LogP contribution in [-0.2, 0) is 7.05 Å². The molecule has 2 rings (SSSR count). The molecule has 0 saturated heterocycles. The van der Waals surface area contributed by atoms with Crippen LogP contribution in [0.25, 0.3) is 0 Å². The van der Waals surface area contributed by atoms with Gasteiger partial charge in [0.05, 0.1) is 11.4 Å². The highest BCUT2D eigenvalue weighted by molar-refractivity contribution is 6.04. The zero-order chi connectivity index (χ0) is 12.4. The molecule has 0 aliphatic heterocycles. The Kier molecular flexibility index (Phi) is 2.95. The van der Waals surface area contributed by atoms with Gasteiger partial charge in [0.2, 0.25) is 0 Å². The van der Waals surface area contributed by atoms with Crippen LogP contribution < -0.4 is 5.32 Å². The number of carbonyl (C=O) groups excluding carboxylic acids is 1. The molecule has 0 unspecified atom stereocenters. The third-order valence-corrected chi connectivity index (χ3v) is 2.58. The van der Waals surface area contributed by atoms with Gasteiger partial charge in [-0.3, -0.25) is 9.48 Å². The molecule has 0 atom stereocenters. The first kappa shape index (κ1) is 11.4. The van der Waals surface area contributed by atoms with Gasteiger partial charge >= 0.3 is 0 Å². The molecule has 0 saturated carbocycles. The number of rotatable bonds is 2. The summed E-state index contributed by atoms with van der Waals surface area (Å²) in [6.45, 7) is 3.86. The van der Waals surface area contributed by atoms with Gasteiger partial charge in [0.25, 0.3) is 5.91 Å². The second kappa shape index (κ2) is 4.41. The van der Waals surface area contributed by atoms with Crippen molar-refractivity contribution in [2.24, 2.45) is 7.05 Å². The minimum absolute atomic E-state index is 0.110. The van der Waals surface area contributed by atoms with E-state index in [1.165, 1.54) is 0 Å². The first-order chi connectivity index (χ1) is 8.06. The Labute approximate surface area is 100 Å². The van der Waals surface area contributed by atoms with Crippen LogP contribution in [0.1, 0.15) is 21.6 Å². The van der Waals surface area contributed by atoms with E-state index in [2.05, 4.69) is 10.4 Å². The second-order valence-corrected chi connectivity index (χ2v) is 4.12. The number of hydrogen-bond donors (Lipinski definition) is 1. The monoisotopic (exact) mass is 229 g/mol. The van der Waals surface area contributed by atoms with E-state index in [-0.39, 0.29) is 5.91 Å². The molecule has 0 spiro atoms. The molecule has 0 aliphatic carbocycles. The topological polar surface area (TPSA) is 46.9 Å². The maximum absolute atomic E-state index is 11.9. The highest BCUT2D eigenvalue weighted by Gasteiger charge is 2.09. The molecule has 0 bridgehead atoms. The van der Waals surface area contributed by atoms with E-state index in [1.807, 2.05) is 45.2 Å². The molecule has 88 valence electrons. The fraction of sp³-hybridized carbons (Fsp3) is 0.231. The fourth-order valence-electron chi connectivity index (χ4n) is 1.62. The summed E-state index contributed by atoms with van der Waals surface area (Å²) in [5.74, 6) is -0.110. The largest absolute Gasteiger partial charge is 0.319 e. The highest BCUT2D eigenvalue weighted by atomic mass is 16.1. The van der Waals surface area contributed by atoms with Crippen LogP contribution in [0.2, 0.25) is 0 Å². The second-order valence-electron chi connectivity index (χ2n) is 4.12. The van der Waals surface area contributed by atoms with E-state index >= 15 is 0 Å². The van der Waals surface area contributed by atoms with E-state index in [4.69, 9.17) is 0 Å². The molecule has 1 heterocycles. The number of carbonyl (C=O) groups is 1. The third-order valence-electron chi connectivity index (χ3n) is 2.58. The molecule has 1 N–H and O–H groups in total. The van der Waals surface area contributed by atoms with Crippen LogP contribution in [-0.4, -0.2) is 15.7 Å². The first-order valence-corrected chi connectivity index (χ1v) is 5.44. The molecule has 2 aromatic rings. The summed E-state index contributed by atoms with van der Waals surface area (Å²) < 4.78 is 1.68. The Morgan fingerprint density at radius 1 is 1.24 bits per heavy atom. The number of hydrogen-bond acceptors (Lipinski definition) is 2. The fourth-order valence-corrected chi connectivity index (χ4v) is 1.62. The van der Waals surface area contributed by atoms with Gasteiger partial charge in [0.15, 0.2) is 0 Å². The SMILES string of the molecule is Cc1ccc(C(=O)Nc2cn(C)nc2C)cc1. The van der Waals surface area contributed by atoms with Crippen molar-refractivity contribution in [3.8, 4) is 0 Å². The highest BCUT2D eigenvalue weighted by Crippen LogP contribution is 2.13. The van der Waals surface area contributed by atoms with Gasteiger partial charge < -0.3 is 5.32 Å². The minimum Gasteiger partial charge on any atom is -0.319 e. The van der Waals surface area contributed by atoms with Crippen molar-refractivity contribution in [2.45, 2.75) is 13.8 Å². The molecule has 0 radical (unpaired) electrons. The normalized spacial score (nSPS) is 10.3. The van der Waals surface area contributed by atoms with Gasteiger partial charge in [-0.25, -0.2) is 0 Å². The average Bonchev–Trinajstić information content (AvgIpc) is 2.58. The summed E-state index contributed by atoms with van der Waals surface area (Å²) in [6, 6.07) is 7.47. The molecular formula is C13H15N3O. The van der Waals surface area contributed by atoms with E-state index in [9.17, 15) is 4.79 Å². The maximum atomic E-state index is 11.9. The van der Waals surface area contributed by atoms with Crippen LogP contribution in [0.3, 0.4) is 0 Å². The summed E-state index contributed by atoms with van der Waals surface area (Å²) >= 11 is 0. The van der Waals surface area contributed by atoms with Crippen molar-refractivity contribution in [3.05, 3.63) is 47.3 Å². The summed E-state index contributed by atoms with van der Waals surface area (Å²) in [7, 11) is 1.83. The standard InChI is InChI=1S/C13H15N3O/c1-9-4-6-11(7-5-9)13(17)14-12-8-16(3)15-10(12)2/h4-8H,1-3H3,(H,14,17). The van der Waals surface area contributed by atoms with Crippen molar-refractivity contribution in [1.29, 1.82) is 0 Å². The van der Waals surface area contributed by atoms with Crippen molar-refractivity contribution >= 4 is 11.6 Å². The van der Waals surface area contributed by atoms with Gasteiger partial charge in [0, 0.05) is 18.8 Å². The minimum atomic E-state index is -0.110. The summed E-state index contributed by atoms with van der Waals surface area (Å²) in [5, 5.41) is 7.02. The predicted molar refractivity (Wildman–Crippen MR) is 67.1 cm³/mol. The van der Waals surface area contributed by atoms with Crippen LogP contribution in [0.15, 0.2) is 30.5 Å². The number of aryl methyl sites for hydroxylation is 3. The van der Waals surface area contributed by atoms with Gasteiger partial charge in [-0.2, -0.15) is 5.10 Å². The Morgan fingerprint density at radius 3 is 2.41 bits per heavy atom. The Bertz CT molecular complexity index is 540. The van der Waals surface area contributed by atoms with Crippen molar-refractivity contribution in [2.75, 3.05) is 5.32 Å². The number of amides is 1. The van der Waals surface area contributed by atoms with Crippen LogP contribution in [0, 0.1) is 13.8 Å². The van der Waals surface area contributed by atoms with Crippen LogP contribution in [0.4, 0.5) is 5.69 Å². The molecule has 4 heteroatoms. The smallest absolute Gasteiger partial charge is 0.255 e. The number of benzene rings is 1. The quantitative estimate of drug-likeness (QED) is 0.858. The Morgan fingerprint density at radius 2 is 1.88 bits per heavy atom. The van der Waals surface area contributed by atoms with E-state index in [0.717, 1.165) is 16.9 Å². The van der Waals surface area contributed by atoms with Crippen molar-refractivity contribution in [3.63, 3.8) is 0 Å². The van der Waals surface area contributed by atoms with E-state index < -0.39 is 0 Å². The molecular weight excluding hydrogens is 214 g/mol. The number of nitrogens with zero attached hydrogens (tertiary/aromatic N) is 2. The first-order valence-electron chi connectivity index (χ1n) is 5.44. The van der Waals surface area contributed by atoms with Gasteiger partial charge in [0.1, 0.15) is 0 Å². The predicted octanol–water partition coefficient (Wildman–Crippen LogP) is 2.29. The van der Waals surface area contributed by atoms with Crippen molar-refractivity contribution < 1.29 is 4.79 Å². The van der Waals surface area contributed by atoms with E-state index in [1.54, 1.807) is 10.9 Å². The number of nitrogens with one attached hydrogen (secondary N) is 1. The summed E-state index contributed by atoms with van der Waals surface area (Å²) in [5.41, 5.74) is 3.35. The number of aromatic nitrogens is 2. The molecule has 17 heavy (non-hydrogen) atoms. The van der Waals surface area contributed by atoms with Gasteiger partial charge in [-0.15, -0.1) is 0 Å². The lowest BCUT2D eigenvalue weighted by atomic mass is 10.1. The Balaban J connectivity index is 2.17. The van der Waals surface area contributed by atoms with Crippen LogP contribution >= 0.6 is 0 Å². The van der Waals surface area contributed by atoms with E-state index in [0.29, 0.717) is 5.56 Å². The van der Waals surface area contributed by atoms with Gasteiger partial charge in [-0.1, -0.05) is 17.7 Å². The summed E-state index contributed by atoms with van der Waals surface area (Å²) in [6.07, 6.45) is 1.79.